The zero-order valence-corrected chi connectivity index (χ0v) is 12.0. The van der Waals surface area contributed by atoms with E-state index in [0.29, 0.717) is 0 Å². The molecule has 2 aromatic rings. The molecule has 0 aromatic heterocycles. The van der Waals surface area contributed by atoms with Crippen LogP contribution < -0.4 is 0 Å². The minimum absolute atomic E-state index is 1.07. The molecule has 0 amide bonds. The number of piperazine rings is 1. The number of hydrogen-bond donors (Lipinski definition) is 0. The molecule has 1 aliphatic heterocycles. The Hall–Kier alpha value is -1.64. The fourth-order valence-corrected chi connectivity index (χ4v) is 2.65. The zero-order chi connectivity index (χ0) is 13.8. The van der Waals surface area contributed by atoms with Crippen molar-refractivity contribution < 1.29 is 0 Å². The third-order valence-electron chi connectivity index (χ3n) is 4.01. The Morgan fingerprint density at radius 1 is 0.850 bits per heavy atom. The molecule has 0 aliphatic carbocycles. The van der Waals surface area contributed by atoms with Gasteiger partial charge in [0.25, 0.3) is 0 Å². The predicted molar refractivity (Wildman–Crippen MR) is 83.5 cm³/mol. The SMILES string of the molecule is CN1CCN(Cc2ccc(-c3cc[c]cc3)cc2)CC1. The van der Waals surface area contributed by atoms with Crippen LogP contribution in [-0.4, -0.2) is 43.0 Å². The van der Waals surface area contributed by atoms with Crippen molar-refractivity contribution in [1.29, 1.82) is 0 Å². The first-order valence-corrected chi connectivity index (χ1v) is 7.27. The van der Waals surface area contributed by atoms with Gasteiger partial charge in [0.15, 0.2) is 0 Å². The van der Waals surface area contributed by atoms with Crippen LogP contribution in [0.2, 0.25) is 0 Å². The van der Waals surface area contributed by atoms with E-state index in [-0.39, 0.29) is 0 Å². The smallest absolute Gasteiger partial charge is 0.0234 e. The second kappa shape index (κ2) is 6.21. The maximum absolute atomic E-state index is 3.06. The van der Waals surface area contributed by atoms with Crippen LogP contribution in [0, 0.1) is 6.07 Å². The summed E-state index contributed by atoms with van der Waals surface area (Å²) in [5, 5.41) is 0. The van der Waals surface area contributed by atoms with E-state index in [2.05, 4.69) is 59.3 Å². The van der Waals surface area contributed by atoms with Gasteiger partial charge in [0, 0.05) is 32.7 Å². The molecule has 3 rings (SSSR count). The zero-order valence-electron chi connectivity index (χ0n) is 12.0. The summed E-state index contributed by atoms with van der Waals surface area (Å²) < 4.78 is 0. The summed E-state index contributed by atoms with van der Waals surface area (Å²) in [6, 6.07) is 20.2. The highest BCUT2D eigenvalue weighted by atomic mass is 15.2. The van der Waals surface area contributed by atoms with Gasteiger partial charge in [-0.1, -0.05) is 48.5 Å². The fraction of sp³-hybridized carbons (Fsp3) is 0.333. The quantitative estimate of drug-likeness (QED) is 0.842. The van der Waals surface area contributed by atoms with Gasteiger partial charge in [0.1, 0.15) is 0 Å². The second-order valence-electron chi connectivity index (χ2n) is 5.57. The van der Waals surface area contributed by atoms with Gasteiger partial charge in [-0.15, -0.1) is 0 Å². The van der Waals surface area contributed by atoms with Crippen molar-refractivity contribution >= 4 is 0 Å². The van der Waals surface area contributed by atoms with Crippen molar-refractivity contribution in [2.75, 3.05) is 33.2 Å². The average molecular weight is 265 g/mol. The third kappa shape index (κ3) is 3.27. The summed E-state index contributed by atoms with van der Waals surface area (Å²) in [4.78, 5) is 4.93. The van der Waals surface area contributed by atoms with Crippen molar-refractivity contribution in [2.45, 2.75) is 6.54 Å². The summed E-state index contributed by atoms with van der Waals surface area (Å²) in [5.41, 5.74) is 3.94. The first-order valence-electron chi connectivity index (χ1n) is 7.27. The van der Waals surface area contributed by atoms with Crippen LogP contribution in [-0.2, 0) is 6.54 Å². The van der Waals surface area contributed by atoms with Crippen molar-refractivity contribution in [1.82, 2.24) is 9.80 Å². The lowest BCUT2D eigenvalue weighted by Crippen LogP contribution is -2.43. The van der Waals surface area contributed by atoms with Crippen LogP contribution in [0.5, 0.6) is 0 Å². The Morgan fingerprint density at radius 2 is 1.45 bits per heavy atom. The number of hydrogen-bond acceptors (Lipinski definition) is 2. The molecule has 1 heterocycles. The number of rotatable bonds is 3. The van der Waals surface area contributed by atoms with E-state index in [0.717, 1.165) is 6.54 Å². The van der Waals surface area contributed by atoms with E-state index in [4.69, 9.17) is 0 Å². The Kier molecular flexibility index (Phi) is 4.14. The molecule has 1 fully saturated rings. The molecule has 2 heteroatoms. The van der Waals surface area contributed by atoms with Gasteiger partial charge in [0.05, 0.1) is 0 Å². The van der Waals surface area contributed by atoms with Crippen LogP contribution in [0.4, 0.5) is 0 Å². The lowest BCUT2D eigenvalue weighted by atomic mass is 10.0. The average Bonchev–Trinajstić information content (AvgIpc) is 2.51. The van der Waals surface area contributed by atoms with Gasteiger partial charge in [-0.25, -0.2) is 0 Å². The normalized spacial score (nSPS) is 17.2. The molecule has 0 bridgehead atoms. The predicted octanol–water partition coefficient (Wildman–Crippen LogP) is 2.90. The standard InChI is InChI=1S/C18H21N2/c1-19-11-13-20(14-12-19)15-16-7-9-18(10-8-16)17-5-3-2-4-6-17/h3-10H,11-15H2,1H3. The highest BCUT2D eigenvalue weighted by Gasteiger charge is 2.13. The maximum Gasteiger partial charge on any atom is 0.0234 e. The number of likely N-dealkylation sites (N-methyl/N-ethyl adjacent to an activating group) is 1. The van der Waals surface area contributed by atoms with Gasteiger partial charge < -0.3 is 4.90 Å². The molecule has 0 N–H and O–H groups in total. The molecule has 2 nitrogen and oxygen atoms in total. The molecule has 1 radical (unpaired) electrons. The van der Waals surface area contributed by atoms with Crippen molar-refractivity contribution in [3.8, 4) is 11.1 Å². The van der Waals surface area contributed by atoms with Crippen LogP contribution >= 0.6 is 0 Å². The van der Waals surface area contributed by atoms with Gasteiger partial charge in [-0.3, -0.25) is 4.90 Å². The molecule has 1 aliphatic rings. The van der Waals surface area contributed by atoms with Crippen molar-refractivity contribution in [2.24, 2.45) is 0 Å². The molecule has 0 atom stereocenters. The number of nitrogens with zero attached hydrogens (tertiary/aromatic N) is 2. The van der Waals surface area contributed by atoms with E-state index in [1.54, 1.807) is 0 Å². The first kappa shape index (κ1) is 13.3. The molecule has 0 saturated carbocycles. The van der Waals surface area contributed by atoms with E-state index in [1.165, 1.54) is 42.9 Å². The maximum atomic E-state index is 3.06. The Balaban J connectivity index is 1.65. The van der Waals surface area contributed by atoms with Gasteiger partial charge in [0.2, 0.25) is 0 Å². The monoisotopic (exact) mass is 265 g/mol. The van der Waals surface area contributed by atoms with Crippen LogP contribution in [0.15, 0.2) is 48.5 Å². The molecule has 1 saturated heterocycles. The van der Waals surface area contributed by atoms with Crippen LogP contribution in [0.1, 0.15) is 5.56 Å². The Bertz CT molecular complexity index is 525. The summed E-state index contributed by atoms with van der Waals surface area (Å²) >= 11 is 0. The Morgan fingerprint density at radius 3 is 2.10 bits per heavy atom. The molecular weight excluding hydrogens is 244 g/mol. The molecule has 0 spiro atoms. The largest absolute Gasteiger partial charge is 0.304 e. The van der Waals surface area contributed by atoms with Crippen LogP contribution in [0.25, 0.3) is 11.1 Å². The lowest BCUT2D eigenvalue weighted by molar-refractivity contribution is 0.148. The lowest BCUT2D eigenvalue weighted by Gasteiger charge is -2.32. The highest BCUT2D eigenvalue weighted by molar-refractivity contribution is 5.63. The summed E-state index contributed by atoms with van der Waals surface area (Å²) in [7, 11) is 2.20. The van der Waals surface area contributed by atoms with E-state index < -0.39 is 0 Å². The van der Waals surface area contributed by atoms with Gasteiger partial charge >= 0.3 is 0 Å². The van der Waals surface area contributed by atoms with Gasteiger partial charge in [-0.2, -0.15) is 0 Å². The fourth-order valence-electron chi connectivity index (χ4n) is 2.65. The summed E-state index contributed by atoms with van der Waals surface area (Å²) in [6.45, 7) is 5.77. The number of benzene rings is 2. The van der Waals surface area contributed by atoms with Crippen molar-refractivity contribution in [3.63, 3.8) is 0 Å². The summed E-state index contributed by atoms with van der Waals surface area (Å²) in [5.74, 6) is 0. The molecule has 20 heavy (non-hydrogen) atoms. The Labute approximate surface area is 121 Å². The van der Waals surface area contributed by atoms with E-state index >= 15 is 0 Å². The van der Waals surface area contributed by atoms with E-state index in [9.17, 15) is 0 Å². The van der Waals surface area contributed by atoms with Crippen molar-refractivity contribution in [3.05, 3.63) is 60.2 Å². The van der Waals surface area contributed by atoms with E-state index in [1.807, 2.05) is 12.1 Å². The highest BCUT2D eigenvalue weighted by Crippen LogP contribution is 2.19. The molecule has 2 aromatic carbocycles. The minimum atomic E-state index is 1.07. The minimum Gasteiger partial charge on any atom is -0.304 e. The first-order chi connectivity index (χ1) is 9.81. The third-order valence-corrected chi connectivity index (χ3v) is 4.01. The summed E-state index contributed by atoms with van der Waals surface area (Å²) in [6.07, 6.45) is 0. The molecule has 103 valence electrons. The molecule has 0 unspecified atom stereocenters. The topological polar surface area (TPSA) is 6.48 Å². The van der Waals surface area contributed by atoms with Gasteiger partial charge in [-0.05, 0) is 29.8 Å². The second-order valence-corrected chi connectivity index (χ2v) is 5.57. The van der Waals surface area contributed by atoms with Crippen LogP contribution in [0.3, 0.4) is 0 Å². The molecular formula is C18H21N2.